The van der Waals surface area contributed by atoms with Gasteiger partial charge in [-0.1, -0.05) is 31.2 Å². The number of para-hydroxylation sites is 1. The zero-order valence-corrected chi connectivity index (χ0v) is 14.6. The first-order valence-electron chi connectivity index (χ1n) is 7.93. The summed E-state index contributed by atoms with van der Waals surface area (Å²) in [5.74, 6) is 1.37. The van der Waals surface area contributed by atoms with Crippen molar-refractivity contribution in [3.8, 4) is 11.5 Å². The second kappa shape index (κ2) is 6.83. The average molecular weight is 347 g/mol. The van der Waals surface area contributed by atoms with Crippen molar-refractivity contribution < 1.29 is 17.9 Å². The molecule has 1 heterocycles. The Morgan fingerprint density at radius 1 is 1.21 bits per heavy atom. The van der Waals surface area contributed by atoms with Crippen LogP contribution >= 0.6 is 0 Å². The summed E-state index contributed by atoms with van der Waals surface area (Å²) in [6, 6.07) is 12.3. The van der Waals surface area contributed by atoms with Crippen molar-refractivity contribution in [2.45, 2.75) is 30.7 Å². The highest BCUT2D eigenvalue weighted by Crippen LogP contribution is 2.34. The standard InChI is InChI=1S/C18H21NO4S/c1-3-13-7-9-16(10-8-13)24(20,21)19-15-11-14-5-4-6-17(22-2)18(14)23-12-15/h4-10,15,19H,3,11-12H2,1-2H3/t15-/m0/s1. The number of benzene rings is 2. The van der Waals surface area contributed by atoms with Crippen LogP contribution in [-0.4, -0.2) is 28.2 Å². The van der Waals surface area contributed by atoms with Crippen LogP contribution in [0.3, 0.4) is 0 Å². The molecule has 5 nitrogen and oxygen atoms in total. The van der Waals surface area contributed by atoms with E-state index < -0.39 is 10.0 Å². The number of nitrogens with one attached hydrogen (secondary N) is 1. The molecule has 1 aliphatic rings. The molecule has 24 heavy (non-hydrogen) atoms. The van der Waals surface area contributed by atoms with E-state index in [0.29, 0.717) is 17.9 Å². The Labute approximate surface area is 142 Å². The van der Waals surface area contributed by atoms with Gasteiger partial charge in [-0.3, -0.25) is 0 Å². The Balaban J connectivity index is 1.76. The number of hydrogen-bond donors (Lipinski definition) is 1. The minimum atomic E-state index is -3.56. The summed E-state index contributed by atoms with van der Waals surface area (Å²) < 4.78 is 38.8. The van der Waals surface area contributed by atoms with Gasteiger partial charge in [0.05, 0.1) is 18.0 Å². The van der Waals surface area contributed by atoms with Crippen molar-refractivity contribution in [2.75, 3.05) is 13.7 Å². The summed E-state index contributed by atoms with van der Waals surface area (Å²) in [4.78, 5) is 0.274. The van der Waals surface area contributed by atoms with Crippen LogP contribution in [0, 0.1) is 0 Å². The molecule has 128 valence electrons. The normalized spacial score (nSPS) is 17.0. The van der Waals surface area contributed by atoms with Crippen LogP contribution in [0.15, 0.2) is 47.4 Å². The Kier molecular flexibility index (Phi) is 4.78. The van der Waals surface area contributed by atoms with E-state index in [1.807, 2.05) is 37.3 Å². The smallest absolute Gasteiger partial charge is 0.240 e. The summed E-state index contributed by atoms with van der Waals surface area (Å²) in [6.45, 7) is 2.31. The third-order valence-electron chi connectivity index (χ3n) is 4.14. The lowest BCUT2D eigenvalue weighted by molar-refractivity contribution is 0.240. The third-order valence-corrected chi connectivity index (χ3v) is 5.68. The zero-order chi connectivity index (χ0) is 17.2. The van der Waals surface area contributed by atoms with Crippen molar-refractivity contribution in [1.29, 1.82) is 0 Å². The molecule has 1 aliphatic heterocycles. The van der Waals surface area contributed by atoms with Gasteiger partial charge in [0, 0.05) is 0 Å². The highest BCUT2D eigenvalue weighted by Gasteiger charge is 2.27. The van der Waals surface area contributed by atoms with Gasteiger partial charge in [0.1, 0.15) is 6.61 Å². The SMILES string of the molecule is CCc1ccc(S(=O)(=O)N[C@@H]2COc3c(cccc3OC)C2)cc1. The molecule has 0 spiro atoms. The fourth-order valence-corrected chi connectivity index (χ4v) is 4.04. The minimum absolute atomic E-state index is 0.274. The summed E-state index contributed by atoms with van der Waals surface area (Å²) in [5, 5.41) is 0. The highest BCUT2D eigenvalue weighted by atomic mass is 32.2. The van der Waals surface area contributed by atoms with Gasteiger partial charge >= 0.3 is 0 Å². The first-order chi connectivity index (χ1) is 11.5. The van der Waals surface area contributed by atoms with E-state index in [-0.39, 0.29) is 17.5 Å². The predicted molar refractivity (Wildman–Crippen MR) is 92.1 cm³/mol. The molecule has 0 aliphatic carbocycles. The Morgan fingerprint density at radius 3 is 2.62 bits per heavy atom. The van der Waals surface area contributed by atoms with Gasteiger partial charge in [-0.25, -0.2) is 13.1 Å². The summed E-state index contributed by atoms with van der Waals surface area (Å²) in [7, 11) is -1.97. The molecular weight excluding hydrogens is 326 g/mol. The molecule has 2 aromatic rings. The first kappa shape index (κ1) is 16.8. The number of fused-ring (bicyclic) bond motifs is 1. The molecule has 0 fully saturated rings. The third kappa shape index (κ3) is 3.39. The first-order valence-corrected chi connectivity index (χ1v) is 9.41. The maximum absolute atomic E-state index is 12.5. The summed E-state index contributed by atoms with van der Waals surface area (Å²) in [6.07, 6.45) is 1.45. The predicted octanol–water partition coefficient (Wildman–Crippen LogP) is 2.54. The van der Waals surface area contributed by atoms with Crippen LogP contribution in [0.4, 0.5) is 0 Å². The topological polar surface area (TPSA) is 64.6 Å². The molecule has 0 unspecified atom stereocenters. The van der Waals surface area contributed by atoms with E-state index in [2.05, 4.69) is 4.72 Å². The van der Waals surface area contributed by atoms with Gasteiger partial charge < -0.3 is 9.47 Å². The van der Waals surface area contributed by atoms with E-state index in [1.165, 1.54) is 0 Å². The van der Waals surface area contributed by atoms with Crippen LogP contribution in [0.25, 0.3) is 0 Å². The second-order valence-corrected chi connectivity index (χ2v) is 7.49. The monoisotopic (exact) mass is 347 g/mol. The maximum Gasteiger partial charge on any atom is 0.240 e. The summed E-state index contributed by atoms with van der Waals surface area (Å²) in [5.41, 5.74) is 2.05. The molecular formula is C18H21NO4S. The molecule has 0 bridgehead atoms. The Hall–Kier alpha value is -2.05. The number of sulfonamides is 1. The highest BCUT2D eigenvalue weighted by molar-refractivity contribution is 7.89. The number of rotatable bonds is 5. The molecule has 3 rings (SSSR count). The molecule has 1 atom stereocenters. The number of hydrogen-bond acceptors (Lipinski definition) is 4. The molecule has 0 aromatic heterocycles. The molecule has 0 saturated heterocycles. The van der Waals surface area contributed by atoms with Crippen molar-refractivity contribution in [2.24, 2.45) is 0 Å². The fourth-order valence-electron chi connectivity index (χ4n) is 2.82. The minimum Gasteiger partial charge on any atom is -0.493 e. The van der Waals surface area contributed by atoms with Gasteiger partial charge in [0.15, 0.2) is 11.5 Å². The molecule has 0 saturated carbocycles. The van der Waals surface area contributed by atoms with E-state index >= 15 is 0 Å². The van der Waals surface area contributed by atoms with Gasteiger partial charge in [-0.05, 0) is 42.2 Å². The molecule has 2 aromatic carbocycles. The van der Waals surface area contributed by atoms with Crippen molar-refractivity contribution >= 4 is 10.0 Å². The van der Waals surface area contributed by atoms with Crippen molar-refractivity contribution in [1.82, 2.24) is 4.72 Å². The molecule has 6 heteroatoms. The van der Waals surface area contributed by atoms with Crippen LogP contribution in [-0.2, 0) is 22.9 Å². The van der Waals surface area contributed by atoms with Crippen LogP contribution in [0.1, 0.15) is 18.1 Å². The average Bonchev–Trinajstić information content (AvgIpc) is 2.60. The van der Waals surface area contributed by atoms with Gasteiger partial charge in [-0.2, -0.15) is 0 Å². The Bertz CT molecular complexity index is 815. The van der Waals surface area contributed by atoms with Gasteiger partial charge in [0.25, 0.3) is 0 Å². The number of ether oxygens (including phenoxy) is 2. The van der Waals surface area contributed by atoms with E-state index in [0.717, 1.165) is 17.5 Å². The second-order valence-electron chi connectivity index (χ2n) is 5.78. The summed E-state index contributed by atoms with van der Waals surface area (Å²) >= 11 is 0. The number of aryl methyl sites for hydroxylation is 1. The van der Waals surface area contributed by atoms with Crippen molar-refractivity contribution in [3.63, 3.8) is 0 Å². The van der Waals surface area contributed by atoms with Crippen molar-refractivity contribution in [3.05, 3.63) is 53.6 Å². The van der Waals surface area contributed by atoms with Crippen LogP contribution < -0.4 is 14.2 Å². The Morgan fingerprint density at radius 2 is 1.96 bits per heavy atom. The van der Waals surface area contributed by atoms with E-state index in [1.54, 1.807) is 19.2 Å². The molecule has 1 N–H and O–H groups in total. The van der Waals surface area contributed by atoms with E-state index in [9.17, 15) is 8.42 Å². The quantitative estimate of drug-likeness (QED) is 0.903. The zero-order valence-electron chi connectivity index (χ0n) is 13.8. The van der Waals surface area contributed by atoms with Gasteiger partial charge in [-0.15, -0.1) is 0 Å². The fraction of sp³-hybridized carbons (Fsp3) is 0.333. The lowest BCUT2D eigenvalue weighted by Gasteiger charge is -2.27. The maximum atomic E-state index is 12.5. The van der Waals surface area contributed by atoms with Crippen LogP contribution in [0.2, 0.25) is 0 Å². The molecule has 0 amide bonds. The number of methoxy groups -OCH3 is 1. The molecule has 0 radical (unpaired) electrons. The largest absolute Gasteiger partial charge is 0.493 e. The lowest BCUT2D eigenvalue weighted by atomic mass is 10.0. The van der Waals surface area contributed by atoms with Gasteiger partial charge in [0.2, 0.25) is 10.0 Å². The van der Waals surface area contributed by atoms with Crippen LogP contribution in [0.5, 0.6) is 11.5 Å². The van der Waals surface area contributed by atoms with E-state index in [4.69, 9.17) is 9.47 Å². The lowest BCUT2D eigenvalue weighted by Crippen LogP contribution is -2.42.